The fraction of sp³-hybridized carbons (Fsp3) is 0.308. The van der Waals surface area contributed by atoms with Gasteiger partial charge in [0.15, 0.2) is 0 Å². The first-order chi connectivity index (χ1) is 15.5. The van der Waals surface area contributed by atoms with Crippen LogP contribution in [0.25, 0.3) is 5.69 Å². The maximum Gasteiger partial charge on any atom is 0.271 e. The summed E-state index contributed by atoms with van der Waals surface area (Å²) in [7, 11) is 0. The summed E-state index contributed by atoms with van der Waals surface area (Å²) >= 11 is 0. The van der Waals surface area contributed by atoms with Crippen LogP contribution in [0.1, 0.15) is 38.4 Å². The van der Waals surface area contributed by atoms with E-state index in [9.17, 15) is 4.79 Å². The van der Waals surface area contributed by atoms with Crippen LogP contribution in [0.3, 0.4) is 0 Å². The van der Waals surface area contributed by atoms with Crippen LogP contribution in [0.15, 0.2) is 59.7 Å². The number of amides is 1. The Bertz CT molecular complexity index is 1110. The van der Waals surface area contributed by atoms with Gasteiger partial charge in [-0.1, -0.05) is 24.3 Å². The highest BCUT2D eigenvalue weighted by Crippen LogP contribution is 2.20. The summed E-state index contributed by atoms with van der Waals surface area (Å²) in [5, 5.41) is 4.20. The largest absolute Gasteiger partial charge is 0.370 e. The second-order valence-corrected chi connectivity index (χ2v) is 8.44. The summed E-state index contributed by atoms with van der Waals surface area (Å²) in [5.74, 6) is -0.209. The van der Waals surface area contributed by atoms with Crippen molar-refractivity contribution in [2.45, 2.75) is 27.3 Å². The molecule has 32 heavy (non-hydrogen) atoms. The maximum atomic E-state index is 12.5. The normalized spacial score (nSPS) is 14.7. The molecule has 0 unspecified atom stereocenters. The summed E-state index contributed by atoms with van der Waals surface area (Å²) in [6.07, 6.45) is 1.71. The SMILES string of the molecule is Cc1cccc(-n2c(C)cc(/C=N\NC(=O)c3ccc(C[NH+]4CCOCC4)cc3)c2C)c1. The van der Waals surface area contributed by atoms with Gasteiger partial charge in [0.05, 0.1) is 19.4 Å². The molecule has 1 amide bonds. The standard InChI is InChI=1S/C26H30N4O2/c1-19-5-4-6-25(15-19)30-20(2)16-24(21(30)3)17-27-28-26(31)23-9-7-22(8-10-23)18-29-11-13-32-14-12-29/h4-10,15-17H,11-14,18H2,1-3H3,(H,28,31)/p+1/b27-17-. The highest BCUT2D eigenvalue weighted by Gasteiger charge is 2.14. The van der Waals surface area contributed by atoms with Gasteiger partial charge < -0.3 is 14.2 Å². The van der Waals surface area contributed by atoms with E-state index in [1.54, 1.807) is 6.21 Å². The van der Waals surface area contributed by atoms with Crippen molar-refractivity contribution in [3.05, 3.63) is 88.2 Å². The van der Waals surface area contributed by atoms with Gasteiger partial charge in [-0.2, -0.15) is 5.10 Å². The predicted octanol–water partition coefficient (Wildman–Crippen LogP) is 2.58. The number of carbonyl (C=O) groups excluding carboxylic acids is 1. The van der Waals surface area contributed by atoms with Crippen LogP contribution in [0, 0.1) is 20.8 Å². The van der Waals surface area contributed by atoms with Crippen LogP contribution in [-0.4, -0.2) is 43.0 Å². The van der Waals surface area contributed by atoms with Crippen LogP contribution in [0.5, 0.6) is 0 Å². The maximum absolute atomic E-state index is 12.5. The number of hydrazone groups is 1. The van der Waals surface area contributed by atoms with Gasteiger partial charge in [0.2, 0.25) is 0 Å². The number of nitrogens with one attached hydrogen (secondary N) is 2. The quantitative estimate of drug-likeness (QED) is 0.466. The molecule has 0 saturated carbocycles. The molecule has 0 atom stereocenters. The predicted molar refractivity (Wildman–Crippen MR) is 127 cm³/mol. The highest BCUT2D eigenvalue weighted by molar-refractivity contribution is 5.95. The minimum absolute atomic E-state index is 0.209. The lowest BCUT2D eigenvalue weighted by Crippen LogP contribution is -3.12. The first-order valence-electron chi connectivity index (χ1n) is 11.1. The minimum Gasteiger partial charge on any atom is -0.370 e. The smallest absolute Gasteiger partial charge is 0.271 e. The van der Waals surface area contributed by atoms with Gasteiger partial charge in [0.1, 0.15) is 19.6 Å². The van der Waals surface area contributed by atoms with Gasteiger partial charge in [-0.15, -0.1) is 0 Å². The minimum atomic E-state index is -0.209. The molecule has 1 saturated heterocycles. The van der Waals surface area contributed by atoms with Crippen molar-refractivity contribution >= 4 is 12.1 Å². The van der Waals surface area contributed by atoms with Gasteiger partial charge in [0, 0.05) is 33.8 Å². The van der Waals surface area contributed by atoms with Crippen molar-refractivity contribution < 1.29 is 14.4 Å². The Balaban J connectivity index is 1.38. The molecule has 4 rings (SSSR count). The van der Waals surface area contributed by atoms with Crippen LogP contribution in [-0.2, 0) is 11.3 Å². The molecule has 1 aromatic heterocycles. The molecule has 6 nitrogen and oxygen atoms in total. The average molecular weight is 432 g/mol. The Morgan fingerprint density at radius 3 is 2.56 bits per heavy atom. The molecule has 0 radical (unpaired) electrons. The second kappa shape index (κ2) is 9.94. The van der Waals surface area contributed by atoms with Crippen LogP contribution in [0.2, 0.25) is 0 Å². The van der Waals surface area contributed by atoms with Crippen molar-refractivity contribution in [1.29, 1.82) is 0 Å². The number of rotatable bonds is 6. The van der Waals surface area contributed by atoms with Crippen molar-refractivity contribution in [2.24, 2.45) is 5.10 Å². The van der Waals surface area contributed by atoms with E-state index in [1.807, 2.05) is 24.3 Å². The molecule has 6 heteroatoms. The van der Waals surface area contributed by atoms with Crippen LogP contribution < -0.4 is 10.3 Å². The Labute approximate surface area is 189 Å². The lowest BCUT2D eigenvalue weighted by Gasteiger charge is -2.23. The Morgan fingerprint density at radius 1 is 1.09 bits per heavy atom. The summed E-state index contributed by atoms with van der Waals surface area (Å²) < 4.78 is 7.61. The van der Waals surface area contributed by atoms with Crippen LogP contribution in [0.4, 0.5) is 0 Å². The lowest BCUT2D eigenvalue weighted by molar-refractivity contribution is -0.921. The first kappa shape index (κ1) is 22.0. The third kappa shape index (κ3) is 5.15. The summed E-state index contributed by atoms with van der Waals surface area (Å²) in [6.45, 7) is 10.9. The number of ether oxygens (including phenoxy) is 1. The fourth-order valence-corrected chi connectivity index (χ4v) is 4.21. The van der Waals surface area contributed by atoms with E-state index >= 15 is 0 Å². The van der Waals surface area contributed by atoms with E-state index in [-0.39, 0.29) is 5.91 Å². The zero-order valence-electron chi connectivity index (χ0n) is 19.0. The number of aryl methyl sites for hydroxylation is 2. The number of quaternary nitrogens is 1. The average Bonchev–Trinajstić information content (AvgIpc) is 3.08. The number of carbonyl (C=O) groups is 1. The molecule has 0 spiro atoms. The summed E-state index contributed by atoms with van der Waals surface area (Å²) in [4.78, 5) is 14.0. The second-order valence-electron chi connectivity index (χ2n) is 8.44. The third-order valence-electron chi connectivity index (χ3n) is 5.97. The van der Waals surface area contributed by atoms with E-state index in [2.05, 4.69) is 66.2 Å². The molecule has 2 heterocycles. The van der Waals surface area contributed by atoms with E-state index < -0.39 is 0 Å². The molecule has 0 aliphatic carbocycles. The van der Waals surface area contributed by atoms with Crippen molar-refractivity contribution in [3.8, 4) is 5.69 Å². The molecule has 1 fully saturated rings. The summed E-state index contributed by atoms with van der Waals surface area (Å²) in [6, 6.07) is 18.3. The van der Waals surface area contributed by atoms with Crippen LogP contribution >= 0.6 is 0 Å². The number of benzene rings is 2. The summed E-state index contributed by atoms with van der Waals surface area (Å²) in [5.41, 5.74) is 10.0. The van der Waals surface area contributed by atoms with E-state index in [0.717, 1.165) is 55.5 Å². The Kier molecular flexibility index (Phi) is 6.83. The Morgan fingerprint density at radius 2 is 1.84 bits per heavy atom. The van der Waals surface area contributed by atoms with Crippen molar-refractivity contribution in [1.82, 2.24) is 9.99 Å². The molecular formula is C26H31N4O2+. The van der Waals surface area contributed by atoms with E-state index in [1.165, 1.54) is 16.0 Å². The molecule has 3 aromatic rings. The van der Waals surface area contributed by atoms with Gasteiger partial charge >= 0.3 is 0 Å². The van der Waals surface area contributed by atoms with E-state index in [0.29, 0.717) is 5.56 Å². The third-order valence-corrected chi connectivity index (χ3v) is 5.97. The van der Waals surface area contributed by atoms with E-state index in [4.69, 9.17) is 4.74 Å². The molecule has 1 aliphatic heterocycles. The number of morpholine rings is 1. The van der Waals surface area contributed by atoms with Gasteiger partial charge in [-0.05, 0) is 56.7 Å². The number of hydrogen-bond acceptors (Lipinski definition) is 3. The molecule has 0 bridgehead atoms. The molecule has 2 aromatic carbocycles. The topological polar surface area (TPSA) is 60.1 Å². The fourth-order valence-electron chi connectivity index (χ4n) is 4.21. The lowest BCUT2D eigenvalue weighted by atomic mass is 10.1. The highest BCUT2D eigenvalue weighted by atomic mass is 16.5. The Hall–Kier alpha value is -3.22. The van der Waals surface area contributed by atoms with Gasteiger partial charge in [-0.25, -0.2) is 5.43 Å². The number of nitrogens with zero attached hydrogens (tertiary/aromatic N) is 2. The zero-order chi connectivity index (χ0) is 22.5. The van der Waals surface area contributed by atoms with Crippen molar-refractivity contribution in [3.63, 3.8) is 0 Å². The first-order valence-corrected chi connectivity index (χ1v) is 11.1. The monoisotopic (exact) mass is 431 g/mol. The molecule has 2 N–H and O–H groups in total. The molecule has 1 aliphatic rings. The number of hydrogen-bond donors (Lipinski definition) is 2. The number of aromatic nitrogens is 1. The zero-order valence-corrected chi connectivity index (χ0v) is 19.0. The van der Waals surface area contributed by atoms with Gasteiger partial charge in [-0.3, -0.25) is 4.79 Å². The molecule has 166 valence electrons. The molecular weight excluding hydrogens is 400 g/mol. The van der Waals surface area contributed by atoms with Gasteiger partial charge in [0.25, 0.3) is 5.91 Å². The van der Waals surface area contributed by atoms with Crippen molar-refractivity contribution in [2.75, 3.05) is 26.3 Å².